The van der Waals surface area contributed by atoms with Crippen molar-refractivity contribution in [2.75, 3.05) is 18.5 Å². The lowest BCUT2D eigenvalue weighted by molar-refractivity contribution is -0.119. The Morgan fingerprint density at radius 3 is 2.52 bits per heavy atom. The number of esters is 1. The summed E-state index contributed by atoms with van der Waals surface area (Å²) in [6.45, 7) is 0.906. The van der Waals surface area contributed by atoms with E-state index in [2.05, 4.69) is 20.9 Å². The van der Waals surface area contributed by atoms with Crippen LogP contribution in [0.25, 0.3) is 0 Å². The fourth-order valence-electron chi connectivity index (χ4n) is 2.02. The van der Waals surface area contributed by atoms with Gasteiger partial charge in [-0.1, -0.05) is 29.1 Å². The number of anilines is 1. The number of halogens is 2. The molecule has 29 heavy (non-hydrogen) atoms. The Hall–Kier alpha value is -2.64. The van der Waals surface area contributed by atoms with Gasteiger partial charge in [-0.2, -0.15) is 4.72 Å². The molecule has 0 bridgehead atoms. The molecule has 1 heterocycles. The topological polar surface area (TPSA) is 114 Å². The van der Waals surface area contributed by atoms with Crippen LogP contribution in [-0.2, 0) is 19.6 Å². The van der Waals surface area contributed by atoms with Crippen LogP contribution in [0, 0.1) is 19.3 Å². The van der Waals surface area contributed by atoms with Gasteiger partial charge in [0.1, 0.15) is 0 Å². The van der Waals surface area contributed by atoms with Gasteiger partial charge in [-0.15, -0.1) is 6.42 Å². The van der Waals surface area contributed by atoms with E-state index in [-0.39, 0.29) is 27.8 Å². The monoisotopic (exact) mass is 455 g/mol. The third-order valence-electron chi connectivity index (χ3n) is 3.56. The maximum absolute atomic E-state index is 12.0. The summed E-state index contributed by atoms with van der Waals surface area (Å²) in [4.78, 5) is 27.8. The van der Waals surface area contributed by atoms with Gasteiger partial charge in [0.05, 0.1) is 27.0 Å². The third kappa shape index (κ3) is 5.92. The number of hydrogen-bond acceptors (Lipinski definition) is 6. The summed E-state index contributed by atoms with van der Waals surface area (Å²) >= 11 is 11.9. The highest BCUT2D eigenvalue weighted by molar-refractivity contribution is 7.89. The van der Waals surface area contributed by atoms with Gasteiger partial charge in [-0.05, 0) is 36.8 Å². The third-order valence-corrected chi connectivity index (χ3v) is 5.82. The van der Waals surface area contributed by atoms with E-state index >= 15 is 0 Å². The molecule has 0 aliphatic rings. The molecule has 11 heteroatoms. The number of hydrogen-bond donors (Lipinski definition) is 2. The maximum Gasteiger partial charge on any atom is 0.338 e. The number of pyridine rings is 1. The summed E-state index contributed by atoms with van der Waals surface area (Å²) in [5.74, 6) is 0.769. The first-order valence-electron chi connectivity index (χ1n) is 7.96. The molecule has 1 aromatic heterocycles. The number of nitrogens with zero attached hydrogens (tertiary/aromatic N) is 1. The van der Waals surface area contributed by atoms with E-state index in [1.165, 1.54) is 30.5 Å². The lowest BCUT2D eigenvalue weighted by Gasteiger charge is -2.10. The number of ether oxygens (including phenoxy) is 1. The molecule has 0 aliphatic carbocycles. The van der Waals surface area contributed by atoms with E-state index in [1.54, 1.807) is 6.92 Å². The highest BCUT2D eigenvalue weighted by Crippen LogP contribution is 2.28. The molecular formula is C18H15Cl2N3O5S. The molecular weight excluding hydrogens is 441 g/mol. The molecule has 1 aromatic carbocycles. The molecule has 2 N–H and O–H groups in total. The number of benzene rings is 1. The van der Waals surface area contributed by atoms with Gasteiger partial charge >= 0.3 is 5.97 Å². The van der Waals surface area contributed by atoms with E-state index in [9.17, 15) is 18.0 Å². The van der Waals surface area contributed by atoms with Crippen LogP contribution in [0.1, 0.15) is 15.9 Å². The lowest BCUT2D eigenvalue weighted by atomic mass is 10.2. The summed E-state index contributed by atoms with van der Waals surface area (Å²) in [5.41, 5.74) is 0.606. The smallest absolute Gasteiger partial charge is 0.338 e. The Labute approximate surface area is 177 Å². The molecule has 0 aliphatic heterocycles. The van der Waals surface area contributed by atoms with E-state index in [0.717, 1.165) is 0 Å². The number of rotatable bonds is 7. The van der Waals surface area contributed by atoms with Crippen molar-refractivity contribution in [2.45, 2.75) is 11.8 Å². The zero-order valence-corrected chi connectivity index (χ0v) is 17.4. The standard InChI is InChI=1S/C18H15Cl2N3O5S/c1-3-8-22-29(26,27)13-6-4-12(5-7-13)18(25)28-10-15(24)23-17-16(20)11(2)14(19)9-21-17/h1,4-7,9,22H,8,10H2,2H3,(H,21,23,24). The normalized spacial score (nSPS) is 10.8. The van der Waals surface area contributed by atoms with E-state index in [4.69, 9.17) is 34.4 Å². The largest absolute Gasteiger partial charge is 0.452 e. The van der Waals surface area contributed by atoms with E-state index < -0.39 is 28.5 Å². The van der Waals surface area contributed by atoms with Crippen molar-refractivity contribution in [3.8, 4) is 12.3 Å². The molecule has 0 fully saturated rings. The van der Waals surface area contributed by atoms with Crippen molar-refractivity contribution in [3.63, 3.8) is 0 Å². The molecule has 0 unspecified atom stereocenters. The van der Waals surface area contributed by atoms with Gasteiger partial charge in [-0.25, -0.2) is 18.2 Å². The fraction of sp³-hybridized carbons (Fsp3) is 0.167. The minimum absolute atomic E-state index is 0.0622. The van der Waals surface area contributed by atoms with Crippen molar-refractivity contribution < 1.29 is 22.7 Å². The number of nitrogens with one attached hydrogen (secondary N) is 2. The second-order valence-corrected chi connectivity index (χ2v) is 8.12. The molecule has 2 aromatic rings. The molecule has 1 amide bonds. The van der Waals surface area contributed by atoms with Crippen molar-refractivity contribution >= 4 is 50.9 Å². The van der Waals surface area contributed by atoms with Crippen LogP contribution >= 0.6 is 23.2 Å². The zero-order chi connectivity index (χ0) is 21.6. The average molecular weight is 456 g/mol. The van der Waals surface area contributed by atoms with Crippen LogP contribution in [-0.4, -0.2) is 38.4 Å². The molecule has 2 rings (SSSR count). The molecule has 0 atom stereocenters. The lowest BCUT2D eigenvalue weighted by Crippen LogP contribution is -2.24. The van der Waals surface area contributed by atoms with Gasteiger partial charge in [0.25, 0.3) is 5.91 Å². The second-order valence-electron chi connectivity index (χ2n) is 5.57. The summed E-state index contributed by atoms with van der Waals surface area (Å²) in [6, 6.07) is 4.95. The number of carbonyl (C=O) groups is 2. The SMILES string of the molecule is C#CCNS(=O)(=O)c1ccc(C(=O)OCC(=O)Nc2ncc(Cl)c(C)c2Cl)cc1. The first-order chi connectivity index (χ1) is 13.7. The minimum atomic E-state index is -3.77. The van der Waals surface area contributed by atoms with Crippen LogP contribution in [0.15, 0.2) is 35.4 Å². The Balaban J connectivity index is 1.96. The van der Waals surface area contributed by atoms with Crippen molar-refractivity contribution in [3.05, 3.63) is 51.6 Å². The zero-order valence-electron chi connectivity index (χ0n) is 15.0. The van der Waals surface area contributed by atoms with Crippen molar-refractivity contribution in [1.29, 1.82) is 0 Å². The number of aromatic nitrogens is 1. The maximum atomic E-state index is 12.0. The van der Waals surface area contributed by atoms with Crippen LogP contribution < -0.4 is 10.0 Å². The van der Waals surface area contributed by atoms with Gasteiger partial charge in [0.2, 0.25) is 10.0 Å². The Kier molecular flexibility index (Phi) is 7.59. The Morgan fingerprint density at radius 1 is 1.24 bits per heavy atom. The predicted octanol–water partition coefficient (Wildman–Crippen LogP) is 2.40. The summed E-state index contributed by atoms with van der Waals surface area (Å²) in [5, 5.41) is 2.93. The van der Waals surface area contributed by atoms with E-state index in [1.807, 2.05) is 0 Å². The van der Waals surface area contributed by atoms with E-state index in [0.29, 0.717) is 10.6 Å². The summed E-state index contributed by atoms with van der Waals surface area (Å²) in [6.07, 6.45) is 6.35. The molecule has 0 saturated heterocycles. The van der Waals surface area contributed by atoms with Crippen LogP contribution in [0.3, 0.4) is 0 Å². The van der Waals surface area contributed by atoms with Gasteiger partial charge < -0.3 is 10.1 Å². The predicted molar refractivity (Wildman–Crippen MR) is 108 cm³/mol. The number of sulfonamides is 1. The van der Waals surface area contributed by atoms with Crippen LogP contribution in [0.2, 0.25) is 10.0 Å². The van der Waals surface area contributed by atoms with Crippen LogP contribution in [0.5, 0.6) is 0 Å². The number of carbonyl (C=O) groups excluding carboxylic acids is 2. The Morgan fingerprint density at radius 2 is 1.90 bits per heavy atom. The quantitative estimate of drug-likeness (QED) is 0.489. The highest BCUT2D eigenvalue weighted by atomic mass is 35.5. The van der Waals surface area contributed by atoms with Gasteiger partial charge in [0.15, 0.2) is 12.4 Å². The Bertz CT molecular complexity index is 1080. The van der Waals surface area contributed by atoms with Gasteiger partial charge in [0, 0.05) is 6.20 Å². The second kappa shape index (κ2) is 9.71. The summed E-state index contributed by atoms with van der Waals surface area (Å²) < 4.78 is 31.0. The number of terminal acetylenes is 1. The molecule has 8 nitrogen and oxygen atoms in total. The molecule has 0 spiro atoms. The molecule has 152 valence electrons. The molecule has 0 saturated carbocycles. The first-order valence-corrected chi connectivity index (χ1v) is 10.2. The minimum Gasteiger partial charge on any atom is -0.452 e. The number of amides is 1. The highest BCUT2D eigenvalue weighted by Gasteiger charge is 2.16. The van der Waals surface area contributed by atoms with Crippen molar-refractivity contribution in [2.24, 2.45) is 0 Å². The van der Waals surface area contributed by atoms with Gasteiger partial charge in [-0.3, -0.25) is 4.79 Å². The average Bonchev–Trinajstić information content (AvgIpc) is 2.71. The fourth-order valence-corrected chi connectivity index (χ4v) is 3.34. The first kappa shape index (κ1) is 22.6. The summed E-state index contributed by atoms with van der Waals surface area (Å²) in [7, 11) is -3.77. The van der Waals surface area contributed by atoms with Crippen LogP contribution in [0.4, 0.5) is 5.82 Å². The van der Waals surface area contributed by atoms with Crippen molar-refractivity contribution in [1.82, 2.24) is 9.71 Å². The molecule has 0 radical (unpaired) electrons.